The molecule has 0 radical (unpaired) electrons. The Kier molecular flexibility index (Phi) is 6.20. The van der Waals surface area contributed by atoms with Crippen molar-refractivity contribution < 1.29 is 0 Å². The first-order valence-corrected chi connectivity index (χ1v) is 9.36. The number of rotatable bonds is 6. The number of likely N-dealkylation sites (tertiary alicyclic amines) is 1. The molecule has 0 amide bonds. The molecule has 1 aliphatic rings. The molecule has 2 N–H and O–H groups in total. The minimum absolute atomic E-state index is 0.418. The van der Waals surface area contributed by atoms with E-state index in [-0.39, 0.29) is 0 Å². The molecule has 24 heavy (non-hydrogen) atoms. The number of guanidine groups is 1. The number of aromatic nitrogens is 1. The summed E-state index contributed by atoms with van der Waals surface area (Å²) in [6.45, 7) is 3.91. The summed E-state index contributed by atoms with van der Waals surface area (Å²) in [5.74, 6) is 0.821. The van der Waals surface area contributed by atoms with E-state index in [9.17, 15) is 0 Å². The number of nitrogens with zero attached hydrogens (tertiary/aromatic N) is 3. The van der Waals surface area contributed by atoms with Crippen LogP contribution in [0.15, 0.2) is 46.9 Å². The molecule has 5 nitrogen and oxygen atoms in total. The van der Waals surface area contributed by atoms with Gasteiger partial charge in [0, 0.05) is 24.7 Å². The number of thiophene rings is 1. The van der Waals surface area contributed by atoms with E-state index < -0.39 is 0 Å². The lowest BCUT2D eigenvalue weighted by Gasteiger charge is -2.27. The van der Waals surface area contributed by atoms with Gasteiger partial charge in [-0.25, -0.2) is 0 Å². The van der Waals surface area contributed by atoms with Gasteiger partial charge in [0.1, 0.15) is 0 Å². The summed E-state index contributed by atoms with van der Waals surface area (Å²) in [7, 11) is 1.81. The van der Waals surface area contributed by atoms with Gasteiger partial charge in [0.25, 0.3) is 0 Å². The Morgan fingerprint density at radius 1 is 1.25 bits per heavy atom. The first kappa shape index (κ1) is 16.9. The average molecular weight is 344 g/mol. The van der Waals surface area contributed by atoms with E-state index in [4.69, 9.17) is 0 Å². The monoisotopic (exact) mass is 343 g/mol. The van der Waals surface area contributed by atoms with Gasteiger partial charge in [-0.1, -0.05) is 12.1 Å². The molecular formula is C18H25N5S. The highest BCUT2D eigenvalue weighted by Gasteiger charge is 2.24. The molecule has 1 atom stereocenters. The van der Waals surface area contributed by atoms with Crippen LogP contribution in [-0.2, 0) is 6.54 Å². The maximum absolute atomic E-state index is 4.33. The van der Waals surface area contributed by atoms with Gasteiger partial charge in [-0.05, 0) is 49.5 Å². The quantitative estimate of drug-likeness (QED) is 0.625. The van der Waals surface area contributed by atoms with E-state index in [0.29, 0.717) is 12.6 Å². The van der Waals surface area contributed by atoms with Crippen molar-refractivity contribution in [1.29, 1.82) is 0 Å². The van der Waals surface area contributed by atoms with Crippen LogP contribution in [-0.4, -0.2) is 42.5 Å². The average Bonchev–Trinajstić information content (AvgIpc) is 3.33. The van der Waals surface area contributed by atoms with Gasteiger partial charge in [-0.3, -0.25) is 14.9 Å². The van der Waals surface area contributed by atoms with Crippen LogP contribution in [0, 0.1) is 0 Å². The Labute approximate surface area is 147 Å². The lowest BCUT2D eigenvalue weighted by atomic mass is 10.2. The Bertz CT molecular complexity index is 620. The molecular weight excluding hydrogens is 318 g/mol. The molecule has 0 bridgehead atoms. The van der Waals surface area contributed by atoms with Crippen LogP contribution < -0.4 is 10.6 Å². The zero-order valence-corrected chi connectivity index (χ0v) is 14.9. The topological polar surface area (TPSA) is 52.6 Å². The lowest BCUT2D eigenvalue weighted by Crippen LogP contribution is -2.42. The molecule has 1 fully saturated rings. The highest BCUT2D eigenvalue weighted by Crippen LogP contribution is 2.27. The van der Waals surface area contributed by atoms with Crippen LogP contribution in [0.3, 0.4) is 0 Å². The summed E-state index contributed by atoms with van der Waals surface area (Å²) in [5, 5.41) is 8.98. The SMILES string of the molecule is CN=C(NCc1ccccn1)NCC(c1cccs1)N1CCCC1. The molecule has 128 valence electrons. The lowest BCUT2D eigenvalue weighted by molar-refractivity contribution is 0.249. The number of aliphatic imine (C=N–C) groups is 1. The molecule has 3 rings (SSSR count). The normalized spacial score (nSPS) is 17.0. The Morgan fingerprint density at radius 2 is 2.12 bits per heavy atom. The summed E-state index contributed by atoms with van der Waals surface area (Å²) in [6, 6.07) is 10.7. The zero-order chi connectivity index (χ0) is 16.6. The van der Waals surface area contributed by atoms with Crippen LogP contribution in [0.5, 0.6) is 0 Å². The first-order chi connectivity index (χ1) is 11.9. The van der Waals surface area contributed by atoms with Crippen molar-refractivity contribution in [3.63, 3.8) is 0 Å². The van der Waals surface area contributed by atoms with E-state index in [1.54, 1.807) is 0 Å². The molecule has 0 aliphatic carbocycles. The largest absolute Gasteiger partial charge is 0.354 e. The summed E-state index contributed by atoms with van der Waals surface area (Å²) < 4.78 is 0. The Hall–Kier alpha value is -1.92. The van der Waals surface area contributed by atoms with Crippen molar-refractivity contribution in [3.8, 4) is 0 Å². The molecule has 2 aromatic rings. The number of hydrogen-bond acceptors (Lipinski definition) is 4. The van der Waals surface area contributed by atoms with Gasteiger partial charge in [0.2, 0.25) is 0 Å². The number of hydrogen-bond donors (Lipinski definition) is 2. The molecule has 2 aromatic heterocycles. The summed E-state index contributed by atoms with van der Waals surface area (Å²) in [6.07, 6.45) is 4.41. The van der Waals surface area contributed by atoms with Crippen molar-refractivity contribution in [1.82, 2.24) is 20.5 Å². The second kappa shape index (κ2) is 8.80. The Balaban J connectivity index is 1.56. The molecule has 6 heteroatoms. The predicted octanol–water partition coefficient (Wildman–Crippen LogP) is 2.65. The molecule has 0 saturated carbocycles. The van der Waals surface area contributed by atoms with E-state index in [1.165, 1.54) is 30.8 Å². The fourth-order valence-corrected chi connectivity index (χ4v) is 3.90. The Morgan fingerprint density at radius 3 is 2.79 bits per heavy atom. The van der Waals surface area contributed by atoms with Gasteiger partial charge in [0.05, 0.1) is 18.3 Å². The van der Waals surface area contributed by atoms with Crippen LogP contribution in [0.25, 0.3) is 0 Å². The van der Waals surface area contributed by atoms with Gasteiger partial charge < -0.3 is 10.6 Å². The third-order valence-electron chi connectivity index (χ3n) is 4.30. The number of pyridine rings is 1. The van der Waals surface area contributed by atoms with Gasteiger partial charge in [-0.2, -0.15) is 0 Å². The molecule has 0 aromatic carbocycles. The minimum atomic E-state index is 0.418. The second-order valence-electron chi connectivity index (χ2n) is 5.90. The fraction of sp³-hybridized carbons (Fsp3) is 0.444. The van der Waals surface area contributed by atoms with E-state index >= 15 is 0 Å². The first-order valence-electron chi connectivity index (χ1n) is 8.48. The summed E-state index contributed by atoms with van der Waals surface area (Å²) >= 11 is 1.84. The highest BCUT2D eigenvalue weighted by molar-refractivity contribution is 7.10. The number of nitrogens with one attached hydrogen (secondary N) is 2. The van der Waals surface area contributed by atoms with Gasteiger partial charge in [-0.15, -0.1) is 11.3 Å². The molecule has 1 unspecified atom stereocenters. The van der Waals surface area contributed by atoms with Crippen LogP contribution in [0.4, 0.5) is 0 Å². The van der Waals surface area contributed by atoms with Gasteiger partial charge >= 0.3 is 0 Å². The van der Waals surface area contributed by atoms with Crippen LogP contribution in [0.2, 0.25) is 0 Å². The van der Waals surface area contributed by atoms with Crippen LogP contribution in [0.1, 0.15) is 29.5 Å². The predicted molar refractivity (Wildman–Crippen MR) is 100 cm³/mol. The van der Waals surface area contributed by atoms with E-state index in [0.717, 1.165) is 18.2 Å². The summed E-state index contributed by atoms with van der Waals surface area (Å²) in [4.78, 5) is 12.7. The van der Waals surface area contributed by atoms with Gasteiger partial charge in [0.15, 0.2) is 5.96 Å². The van der Waals surface area contributed by atoms with Crippen molar-refractivity contribution in [3.05, 3.63) is 52.5 Å². The van der Waals surface area contributed by atoms with Crippen molar-refractivity contribution in [2.24, 2.45) is 4.99 Å². The smallest absolute Gasteiger partial charge is 0.191 e. The van der Waals surface area contributed by atoms with Crippen LogP contribution >= 0.6 is 11.3 Å². The van der Waals surface area contributed by atoms with E-state index in [2.05, 4.69) is 43.0 Å². The molecule has 3 heterocycles. The third-order valence-corrected chi connectivity index (χ3v) is 5.28. The van der Waals surface area contributed by atoms with E-state index in [1.807, 2.05) is 42.8 Å². The third kappa shape index (κ3) is 4.55. The van der Waals surface area contributed by atoms with Crippen molar-refractivity contribution in [2.45, 2.75) is 25.4 Å². The maximum atomic E-state index is 4.33. The van der Waals surface area contributed by atoms with Crippen molar-refractivity contribution in [2.75, 3.05) is 26.7 Å². The fourth-order valence-electron chi connectivity index (χ4n) is 3.03. The molecule has 1 aliphatic heterocycles. The minimum Gasteiger partial charge on any atom is -0.354 e. The maximum Gasteiger partial charge on any atom is 0.191 e. The molecule has 1 saturated heterocycles. The highest BCUT2D eigenvalue weighted by atomic mass is 32.1. The summed E-state index contributed by atoms with van der Waals surface area (Å²) in [5.41, 5.74) is 1.01. The molecule has 0 spiro atoms. The second-order valence-corrected chi connectivity index (χ2v) is 6.88. The standard InChI is InChI=1S/C18H25N5S/c1-19-18(21-13-15-7-2-3-9-20-15)22-14-16(17-8-6-12-24-17)23-10-4-5-11-23/h2-3,6-9,12,16H,4-5,10-11,13-14H2,1H3,(H2,19,21,22). The zero-order valence-electron chi connectivity index (χ0n) is 14.1. The van der Waals surface area contributed by atoms with Crippen molar-refractivity contribution >= 4 is 17.3 Å².